The monoisotopic (exact) mass is 228 g/mol. The van der Waals surface area contributed by atoms with Gasteiger partial charge in [-0.25, -0.2) is 4.79 Å². The number of nitrogens with zero attached hydrogens (tertiary/aromatic N) is 1. The summed E-state index contributed by atoms with van der Waals surface area (Å²) in [4.78, 5) is 23.4. The summed E-state index contributed by atoms with van der Waals surface area (Å²) in [6, 6.07) is 0.428. The Morgan fingerprint density at radius 2 is 2.12 bits per heavy atom. The van der Waals surface area contributed by atoms with E-state index < -0.39 is 5.97 Å². The number of nitrogens with one attached hydrogen (secondary N) is 1. The third-order valence-electron chi connectivity index (χ3n) is 3.14. The van der Waals surface area contributed by atoms with Crippen molar-refractivity contribution in [2.45, 2.75) is 51.1 Å². The number of amides is 2. The summed E-state index contributed by atoms with van der Waals surface area (Å²) in [6.45, 7) is 2.00. The van der Waals surface area contributed by atoms with Crippen molar-refractivity contribution in [3.8, 4) is 0 Å². The van der Waals surface area contributed by atoms with Crippen molar-refractivity contribution in [3.63, 3.8) is 0 Å². The zero-order valence-electron chi connectivity index (χ0n) is 9.90. The molecule has 1 rings (SSSR count). The van der Waals surface area contributed by atoms with Crippen LogP contribution in [0.15, 0.2) is 0 Å². The van der Waals surface area contributed by atoms with E-state index in [0.717, 1.165) is 25.7 Å². The number of aliphatic carboxylic acids is 1. The van der Waals surface area contributed by atoms with E-state index in [4.69, 9.17) is 5.11 Å². The minimum absolute atomic E-state index is 0.0111. The molecule has 0 aromatic carbocycles. The fraction of sp³-hybridized carbons (Fsp3) is 0.818. The highest BCUT2D eigenvalue weighted by Gasteiger charge is 2.32. The number of carboxylic acids is 1. The van der Waals surface area contributed by atoms with Crippen molar-refractivity contribution < 1.29 is 14.7 Å². The number of carbonyl (C=O) groups is 2. The fourth-order valence-corrected chi connectivity index (χ4v) is 2.13. The lowest BCUT2D eigenvalue weighted by molar-refractivity contribution is -0.137. The predicted molar refractivity (Wildman–Crippen MR) is 60.3 cm³/mol. The number of carboxylic acid groups (broad SMARTS) is 1. The Labute approximate surface area is 95.8 Å². The maximum atomic E-state index is 11.3. The van der Waals surface area contributed by atoms with Crippen molar-refractivity contribution in [3.05, 3.63) is 0 Å². The van der Waals surface area contributed by atoms with Gasteiger partial charge in [-0.2, -0.15) is 0 Å². The number of urea groups is 1. The molecule has 0 aromatic heterocycles. The molecule has 0 bridgehead atoms. The molecule has 2 unspecified atom stereocenters. The van der Waals surface area contributed by atoms with Crippen molar-refractivity contribution in [2.75, 3.05) is 7.05 Å². The Morgan fingerprint density at radius 3 is 2.62 bits per heavy atom. The van der Waals surface area contributed by atoms with E-state index in [1.807, 2.05) is 6.92 Å². The second kappa shape index (κ2) is 5.72. The predicted octanol–water partition coefficient (Wildman–Crippen LogP) is 1.43. The molecule has 5 nitrogen and oxygen atoms in total. The molecule has 92 valence electrons. The minimum Gasteiger partial charge on any atom is -0.481 e. The van der Waals surface area contributed by atoms with E-state index in [1.165, 1.54) is 0 Å². The summed E-state index contributed by atoms with van der Waals surface area (Å²) in [5.41, 5.74) is 0. The number of hydrogen-bond donors (Lipinski definition) is 2. The maximum Gasteiger partial charge on any atom is 0.317 e. The van der Waals surface area contributed by atoms with Gasteiger partial charge in [0.2, 0.25) is 0 Å². The lowest BCUT2D eigenvalue weighted by Gasteiger charge is -2.20. The quantitative estimate of drug-likeness (QED) is 0.676. The van der Waals surface area contributed by atoms with Crippen molar-refractivity contribution >= 4 is 12.0 Å². The molecule has 1 fully saturated rings. The summed E-state index contributed by atoms with van der Waals surface area (Å²) in [5.74, 6) is -0.733. The highest BCUT2D eigenvalue weighted by atomic mass is 16.4. The van der Waals surface area contributed by atoms with Gasteiger partial charge in [0.1, 0.15) is 0 Å². The van der Waals surface area contributed by atoms with Crippen molar-refractivity contribution in [2.24, 2.45) is 0 Å². The lowest BCUT2D eigenvalue weighted by atomic mass is 10.0. The van der Waals surface area contributed by atoms with Crippen LogP contribution < -0.4 is 5.32 Å². The van der Waals surface area contributed by atoms with Crippen LogP contribution in [0.25, 0.3) is 0 Å². The molecule has 1 aliphatic heterocycles. The van der Waals surface area contributed by atoms with Gasteiger partial charge in [-0.3, -0.25) is 4.79 Å². The highest BCUT2D eigenvalue weighted by molar-refractivity contribution is 5.77. The Balaban J connectivity index is 2.17. The maximum absolute atomic E-state index is 11.3. The number of rotatable bonds is 6. The molecule has 0 saturated carbocycles. The smallest absolute Gasteiger partial charge is 0.317 e. The summed E-state index contributed by atoms with van der Waals surface area (Å²) in [6.07, 6.45) is 3.80. The Kier molecular flexibility index (Phi) is 4.58. The topological polar surface area (TPSA) is 69.6 Å². The van der Waals surface area contributed by atoms with Crippen molar-refractivity contribution in [1.29, 1.82) is 0 Å². The first-order valence-electron chi connectivity index (χ1n) is 5.77. The number of unbranched alkanes of at least 4 members (excludes halogenated alkanes) is 2. The average molecular weight is 228 g/mol. The standard InChI is InChI=1S/C11H20N2O3/c1-8-9(13(2)11(16)12-8)6-4-3-5-7-10(14)15/h8-9H,3-7H2,1-2H3,(H,12,16)(H,14,15). The first kappa shape index (κ1) is 12.8. The van der Waals surface area contributed by atoms with Crippen LogP contribution in [-0.4, -0.2) is 41.1 Å². The van der Waals surface area contributed by atoms with Gasteiger partial charge in [-0.05, 0) is 19.8 Å². The van der Waals surface area contributed by atoms with Gasteiger partial charge in [-0.15, -0.1) is 0 Å². The van der Waals surface area contributed by atoms with Crippen LogP contribution in [0.2, 0.25) is 0 Å². The molecule has 5 heteroatoms. The van der Waals surface area contributed by atoms with E-state index >= 15 is 0 Å². The third kappa shape index (κ3) is 3.40. The molecule has 0 radical (unpaired) electrons. The second-order valence-corrected chi connectivity index (χ2v) is 4.41. The molecule has 16 heavy (non-hydrogen) atoms. The molecule has 2 amide bonds. The van der Waals surface area contributed by atoms with Gasteiger partial charge in [0.25, 0.3) is 0 Å². The average Bonchev–Trinajstić information content (AvgIpc) is 2.43. The van der Waals surface area contributed by atoms with Crippen LogP contribution in [0.1, 0.15) is 39.0 Å². The molecule has 2 N–H and O–H groups in total. The Bertz CT molecular complexity index is 268. The molecule has 0 aliphatic carbocycles. The zero-order valence-corrected chi connectivity index (χ0v) is 9.90. The minimum atomic E-state index is -0.733. The lowest BCUT2D eigenvalue weighted by Crippen LogP contribution is -2.32. The van der Waals surface area contributed by atoms with Gasteiger partial charge in [0.05, 0.1) is 6.04 Å². The van der Waals surface area contributed by atoms with E-state index in [0.29, 0.717) is 0 Å². The van der Waals surface area contributed by atoms with E-state index in [2.05, 4.69) is 5.32 Å². The summed E-state index contributed by atoms with van der Waals surface area (Å²) >= 11 is 0. The zero-order chi connectivity index (χ0) is 12.1. The molecule has 2 atom stereocenters. The summed E-state index contributed by atoms with van der Waals surface area (Å²) < 4.78 is 0. The number of carbonyl (C=O) groups excluding carboxylic acids is 1. The van der Waals surface area contributed by atoms with Gasteiger partial charge < -0.3 is 15.3 Å². The first-order chi connectivity index (χ1) is 7.52. The van der Waals surface area contributed by atoms with E-state index in [9.17, 15) is 9.59 Å². The SMILES string of the molecule is CC1NC(=O)N(C)C1CCCCCC(=O)O. The van der Waals surface area contributed by atoms with Gasteiger partial charge >= 0.3 is 12.0 Å². The van der Waals surface area contributed by atoms with Crippen LogP contribution >= 0.6 is 0 Å². The van der Waals surface area contributed by atoms with E-state index in [1.54, 1.807) is 11.9 Å². The molecule has 0 aromatic rings. The molecule has 0 spiro atoms. The Morgan fingerprint density at radius 1 is 1.44 bits per heavy atom. The van der Waals surface area contributed by atoms with Gasteiger partial charge in [0.15, 0.2) is 0 Å². The Hall–Kier alpha value is -1.26. The number of likely N-dealkylation sites (N-methyl/N-ethyl adjacent to an activating group) is 1. The molecular formula is C11H20N2O3. The van der Waals surface area contributed by atoms with Crippen molar-refractivity contribution in [1.82, 2.24) is 10.2 Å². The van der Waals surface area contributed by atoms with E-state index in [-0.39, 0.29) is 24.5 Å². The first-order valence-corrected chi connectivity index (χ1v) is 5.77. The third-order valence-corrected chi connectivity index (χ3v) is 3.14. The fourth-order valence-electron chi connectivity index (χ4n) is 2.13. The molecule has 1 heterocycles. The molecule has 1 aliphatic rings. The molecular weight excluding hydrogens is 208 g/mol. The van der Waals surface area contributed by atoms with Gasteiger partial charge in [0, 0.05) is 19.5 Å². The largest absolute Gasteiger partial charge is 0.481 e. The second-order valence-electron chi connectivity index (χ2n) is 4.41. The van der Waals surface area contributed by atoms with Gasteiger partial charge in [-0.1, -0.05) is 12.8 Å². The van der Waals surface area contributed by atoms with Crippen LogP contribution in [0, 0.1) is 0 Å². The highest BCUT2D eigenvalue weighted by Crippen LogP contribution is 2.17. The summed E-state index contributed by atoms with van der Waals surface area (Å²) in [5, 5.41) is 11.3. The normalized spacial score (nSPS) is 24.6. The summed E-state index contributed by atoms with van der Waals surface area (Å²) in [7, 11) is 1.81. The van der Waals surface area contributed by atoms with Crippen LogP contribution in [-0.2, 0) is 4.79 Å². The molecule has 1 saturated heterocycles. The van der Waals surface area contributed by atoms with Crippen LogP contribution in [0.3, 0.4) is 0 Å². The number of hydrogen-bond acceptors (Lipinski definition) is 2. The van der Waals surface area contributed by atoms with Crippen LogP contribution in [0.4, 0.5) is 4.79 Å². The van der Waals surface area contributed by atoms with Crippen LogP contribution in [0.5, 0.6) is 0 Å².